The maximum atomic E-state index is 12.3. The van der Waals surface area contributed by atoms with E-state index < -0.39 is 11.5 Å². The molecule has 2 aromatic heterocycles. The first kappa shape index (κ1) is 17.1. The van der Waals surface area contributed by atoms with E-state index in [1.165, 1.54) is 6.33 Å². The zero-order chi connectivity index (χ0) is 17.0. The monoisotopic (exact) mass is 336 g/mol. The quantitative estimate of drug-likeness (QED) is 0.669. The van der Waals surface area contributed by atoms with Crippen molar-refractivity contribution >= 4 is 39.2 Å². The van der Waals surface area contributed by atoms with Gasteiger partial charge in [-0.2, -0.15) is 0 Å². The molecule has 2 aromatic rings. The molecule has 0 aliphatic carbocycles. The lowest BCUT2D eigenvalue weighted by Gasteiger charge is -2.26. The van der Waals surface area contributed by atoms with E-state index in [0.29, 0.717) is 18.8 Å². The lowest BCUT2D eigenvalue weighted by atomic mass is 10.0. The maximum absolute atomic E-state index is 12.3. The molecule has 0 aliphatic rings. The van der Waals surface area contributed by atoms with Crippen LogP contribution in [0.4, 0.5) is 5.82 Å². The van der Waals surface area contributed by atoms with Gasteiger partial charge in [0, 0.05) is 17.8 Å². The second kappa shape index (κ2) is 6.91. The third-order valence-corrected chi connectivity index (χ3v) is 4.26. The Morgan fingerprint density at radius 1 is 1.35 bits per heavy atom. The summed E-state index contributed by atoms with van der Waals surface area (Å²) in [7, 11) is 0. The standard InChI is InChI=1S/C15H20N4O3S/c1-9-7-10-12(17-8-18-13(10)23-9)19-15(2,3)14(22)16-6-4-5-11(20)21/h7-8H,4-6H2,1-3H3,(H,16,22)(H,20,21)(H,17,18,19). The van der Waals surface area contributed by atoms with Gasteiger partial charge >= 0.3 is 5.97 Å². The van der Waals surface area contributed by atoms with E-state index in [-0.39, 0.29) is 12.3 Å². The molecule has 0 bridgehead atoms. The summed E-state index contributed by atoms with van der Waals surface area (Å²) in [6.07, 6.45) is 1.91. The molecule has 1 amide bonds. The minimum absolute atomic E-state index is 0.0366. The fourth-order valence-electron chi connectivity index (χ4n) is 2.09. The average Bonchev–Trinajstić information content (AvgIpc) is 2.84. The van der Waals surface area contributed by atoms with Crippen LogP contribution in [0.15, 0.2) is 12.4 Å². The van der Waals surface area contributed by atoms with Crippen LogP contribution < -0.4 is 10.6 Å². The maximum Gasteiger partial charge on any atom is 0.303 e. The highest BCUT2D eigenvalue weighted by Gasteiger charge is 2.28. The number of carbonyl (C=O) groups excluding carboxylic acids is 1. The molecule has 0 aliphatic heterocycles. The smallest absolute Gasteiger partial charge is 0.303 e. The van der Waals surface area contributed by atoms with Crippen molar-refractivity contribution in [2.24, 2.45) is 0 Å². The Kier molecular flexibility index (Phi) is 5.15. The molecule has 0 unspecified atom stereocenters. The number of nitrogens with one attached hydrogen (secondary N) is 2. The third kappa shape index (κ3) is 4.38. The van der Waals surface area contributed by atoms with Gasteiger partial charge in [-0.1, -0.05) is 0 Å². The van der Waals surface area contributed by atoms with Gasteiger partial charge in [-0.25, -0.2) is 9.97 Å². The Hall–Kier alpha value is -2.22. The summed E-state index contributed by atoms with van der Waals surface area (Å²) in [5, 5.41) is 15.4. The van der Waals surface area contributed by atoms with E-state index >= 15 is 0 Å². The molecule has 124 valence electrons. The number of carboxylic acids is 1. The summed E-state index contributed by atoms with van der Waals surface area (Å²) in [5.41, 5.74) is -0.875. The van der Waals surface area contributed by atoms with Crippen molar-refractivity contribution in [3.05, 3.63) is 17.3 Å². The number of fused-ring (bicyclic) bond motifs is 1. The fourth-order valence-corrected chi connectivity index (χ4v) is 2.94. The Labute approximate surface area is 138 Å². The normalized spacial score (nSPS) is 11.4. The molecule has 2 rings (SSSR count). The van der Waals surface area contributed by atoms with Crippen LogP contribution in [0, 0.1) is 6.92 Å². The number of carbonyl (C=O) groups is 2. The summed E-state index contributed by atoms with van der Waals surface area (Å²) < 4.78 is 0. The van der Waals surface area contributed by atoms with Gasteiger partial charge in [0.1, 0.15) is 22.5 Å². The molecule has 0 saturated carbocycles. The number of rotatable bonds is 7. The summed E-state index contributed by atoms with van der Waals surface area (Å²) in [4.78, 5) is 33.2. The first-order chi connectivity index (χ1) is 10.8. The Balaban J connectivity index is 2.04. The largest absolute Gasteiger partial charge is 0.481 e. The number of amides is 1. The fraction of sp³-hybridized carbons (Fsp3) is 0.467. The lowest BCUT2D eigenvalue weighted by Crippen LogP contribution is -2.48. The molecule has 3 N–H and O–H groups in total. The zero-order valence-corrected chi connectivity index (χ0v) is 14.2. The van der Waals surface area contributed by atoms with E-state index in [2.05, 4.69) is 20.6 Å². The summed E-state index contributed by atoms with van der Waals surface area (Å²) in [6, 6.07) is 1.99. The van der Waals surface area contributed by atoms with Crippen LogP contribution in [0.1, 0.15) is 31.6 Å². The van der Waals surface area contributed by atoms with Crippen molar-refractivity contribution in [2.45, 2.75) is 39.2 Å². The Bertz CT molecular complexity index is 727. The molecule has 0 radical (unpaired) electrons. The van der Waals surface area contributed by atoms with Crippen LogP contribution in [0.5, 0.6) is 0 Å². The van der Waals surface area contributed by atoms with E-state index in [0.717, 1.165) is 15.1 Å². The van der Waals surface area contributed by atoms with E-state index in [1.54, 1.807) is 25.2 Å². The van der Waals surface area contributed by atoms with Crippen molar-refractivity contribution in [3.63, 3.8) is 0 Å². The number of aromatic nitrogens is 2. The third-order valence-electron chi connectivity index (χ3n) is 3.30. The van der Waals surface area contributed by atoms with Gasteiger partial charge in [0.15, 0.2) is 0 Å². The average molecular weight is 336 g/mol. The molecule has 8 heteroatoms. The first-order valence-corrected chi connectivity index (χ1v) is 8.10. The topological polar surface area (TPSA) is 104 Å². The number of hydrogen-bond donors (Lipinski definition) is 3. The van der Waals surface area contributed by atoms with Gasteiger partial charge in [-0.15, -0.1) is 11.3 Å². The molecule has 0 aromatic carbocycles. The number of nitrogens with zero attached hydrogens (tertiary/aromatic N) is 2. The number of hydrogen-bond acceptors (Lipinski definition) is 6. The van der Waals surface area contributed by atoms with Crippen molar-refractivity contribution in [2.75, 3.05) is 11.9 Å². The molecule has 0 atom stereocenters. The van der Waals surface area contributed by atoms with E-state index in [1.807, 2.05) is 13.0 Å². The van der Waals surface area contributed by atoms with Gasteiger partial charge in [0.2, 0.25) is 5.91 Å². The van der Waals surface area contributed by atoms with E-state index in [9.17, 15) is 9.59 Å². The van der Waals surface area contributed by atoms with Crippen molar-refractivity contribution < 1.29 is 14.7 Å². The van der Waals surface area contributed by atoms with Gasteiger partial charge < -0.3 is 15.7 Å². The lowest BCUT2D eigenvalue weighted by molar-refractivity contribution is -0.137. The summed E-state index contributed by atoms with van der Waals surface area (Å²) in [6.45, 7) is 5.84. The van der Waals surface area contributed by atoms with Crippen LogP contribution >= 0.6 is 11.3 Å². The molecular weight excluding hydrogens is 316 g/mol. The van der Waals surface area contributed by atoms with Gasteiger partial charge in [0.25, 0.3) is 0 Å². The number of thiophene rings is 1. The summed E-state index contributed by atoms with van der Waals surface area (Å²) in [5.74, 6) is -0.459. The molecule has 23 heavy (non-hydrogen) atoms. The Morgan fingerprint density at radius 3 is 2.78 bits per heavy atom. The first-order valence-electron chi connectivity index (χ1n) is 7.29. The summed E-state index contributed by atoms with van der Waals surface area (Å²) >= 11 is 1.57. The number of aryl methyl sites for hydroxylation is 1. The molecule has 0 spiro atoms. The van der Waals surface area contributed by atoms with E-state index in [4.69, 9.17) is 5.11 Å². The molecule has 7 nitrogen and oxygen atoms in total. The van der Waals surface area contributed by atoms with Crippen molar-refractivity contribution in [3.8, 4) is 0 Å². The van der Waals surface area contributed by atoms with Crippen LogP contribution in [-0.4, -0.2) is 39.0 Å². The van der Waals surface area contributed by atoms with Crippen LogP contribution in [0.25, 0.3) is 10.2 Å². The second-order valence-electron chi connectivity index (χ2n) is 5.80. The highest BCUT2D eigenvalue weighted by Crippen LogP contribution is 2.29. The van der Waals surface area contributed by atoms with Crippen molar-refractivity contribution in [1.29, 1.82) is 0 Å². The Morgan fingerprint density at radius 2 is 2.09 bits per heavy atom. The SMILES string of the molecule is Cc1cc2c(NC(C)(C)C(=O)NCCCC(=O)O)ncnc2s1. The highest BCUT2D eigenvalue weighted by molar-refractivity contribution is 7.18. The predicted octanol–water partition coefficient (Wildman–Crippen LogP) is 2.17. The van der Waals surface area contributed by atoms with Crippen molar-refractivity contribution in [1.82, 2.24) is 15.3 Å². The predicted molar refractivity (Wildman–Crippen MR) is 89.7 cm³/mol. The second-order valence-corrected chi connectivity index (χ2v) is 7.04. The van der Waals surface area contributed by atoms with Gasteiger partial charge in [0.05, 0.1) is 5.39 Å². The molecule has 2 heterocycles. The highest BCUT2D eigenvalue weighted by atomic mass is 32.1. The minimum Gasteiger partial charge on any atom is -0.481 e. The zero-order valence-electron chi connectivity index (χ0n) is 13.3. The number of aliphatic carboxylic acids is 1. The minimum atomic E-state index is -0.875. The number of carboxylic acid groups (broad SMARTS) is 1. The van der Waals surface area contributed by atoms with Gasteiger partial charge in [-0.3, -0.25) is 9.59 Å². The van der Waals surface area contributed by atoms with Crippen LogP contribution in [0.2, 0.25) is 0 Å². The molecular formula is C15H20N4O3S. The van der Waals surface area contributed by atoms with Gasteiger partial charge in [-0.05, 0) is 33.3 Å². The molecule has 0 fully saturated rings. The van der Waals surface area contributed by atoms with Crippen LogP contribution in [0.3, 0.4) is 0 Å². The van der Waals surface area contributed by atoms with Crippen LogP contribution in [-0.2, 0) is 9.59 Å². The number of anilines is 1. The molecule has 0 saturated heterocycles.